The van der Waals surface area contributed by atoms with Gasteiger partial charge in [-0.2, -0.15) is 0 Å². The van der Waals surface area contributed by atoms with E-state index in [4.69, 9.17) is 5.11 Å². The Hall–Kier alpha value is -2.35. The Morgan fingerprint density at radius 2 is 2.04 bits per heavy atom. The second kappa shape index (κ2) is 6.64. The molecule has 0 spiro atoms. The number of carboxylic acid groups (broad SMARTS) is 1. The highest BCUT2D eigenvalue weighted by atomic mass is 32.1. The molecule has 8 heteroatoms. The quantitative estimate of drug-likeness (QED) is 0.837. The molecule has 0 aliphatic heterocycles. The van der Waals surface area contributed by atoms with Crippen molar-refractivity contribution in [3.63, 3.8) is 0 Å². The second-order valence-corrected chi connectivity index (χ2v) is 6.50. The van der Waals surface area contributed by atoms with Crippen molar-refractivity contribution in [3.8, 4) is 0 Å². The molecule has 2 N–H and O–H groups in total. The third kappa shape index (κ3) is 3.43. The number of hydrogen-bond acceptors (Lipinski definition) is 4. The number of nitrogens with one attached hydrogen (secondary N) is 1. The number of aromatic carboxylic acids is 1. The predicted octanol–water partition coefficient (Wildman–Crippen LogP) is 2.58. The molecular weight excluding hydrogens is 338 g/mol. The number of nitrogens with zero attached hydrogens (tertiary/aromatic N) is 1. The average Bonchev–Trinajstić information content (AvgIpc) is 3.15. The van der Waals surface area contributed by atoms with E-state index in [1.807, 2.05) is 0 Å². The number of benzene rings is 1. The van der Waals surface area contributed by atoms with Gasteiger partial charge in [0.25, 0.3) is 0 Å². The van der Waals surface area contributed by atoms with Crippen molar-refractivity contribution in [2.75, 3.05) is 6.54 Å². The summed E-state index contributed by atoms with van der Waals surface area (Å²) >= 11 is 1.21. The standard InChI is InChI=1S/C16H14F2N2O3S/c17-10-2-1-3-11(18)14(10)8-6-9(8)15(21)19-5-4-13-20-12(7-24-13)16(22)23/h1-3,7-9H,4-6H2,(H,19,21)(H,22,23). The van der Waals surface area contributed by atoms with Crippen LogP contribution in [0.15, 0.2) is 23.6 Å². The summed E-state index contributed by atoms with van der Waals surface area (Å²) in [7, 11) is 0. The van der Waals surface area contributed by atoms with Gasteiger partial charge < -0.3 is 10.4 Å². The van der Waals surface area contributed by atoms with Gasteiger partial charge in [-0.25, -0.2) is 18.6 Å². The monoisotopic (exact) mass is 352 g/mol. The molecule has 0 radical (unpaired) electrons. The Labute approximate surface area is 140 Å². The summed E-state index contributed by atoms with van der Waals surface area (Å²) in [4.78, 5) is 26.7. The van der Waals surface area contributed by atoms with Gasteiger partial charge in [-0.3, -0.25) is 4.79 Å². The predicted molar refractivity (Wildman–Crippen MR) is 83.0 cm³/mol. The van der Waals surface area contributed by atoms with Crippen molar-refractivity contribution in [2.24, 2.45) is 5.92 Å². The van der Waals surface area contributed by atoms with Crippen molar-refractivity contribution in [1.29, 1.82) is 0 Å². The molecule has 1 saturated carbocycles. The van der Waals surface area contributed by atoms with Crippen LogP contribution in [0, 0.1) is 17.6 Å². The number of hydrogen-bond donors (Lipinski definition) is 2. The summed E-state index contributed by atoms with van der Waals surface area (Å²) in [6, 6.07) is 3.67. The lowest BCUT2D eigenvalue weighted by molar-refractivity contribution is -0.122. The van der Waals surface area contributed by atoms with E-state index in [9.17, 15) is 18.4 Å². The summed E-state index contributed by atoms with van der Waals surface area (Å²) in [6.07, 6.45) is 0.833. The zero-order chi connectivity index (χ0) is 17.3. The maximum atomic E-state index is 13.7. The van der Waals surface area contributed by atoms with Gasteiger partial charge in [0.05, 0.1) is 5.01 Å². The van der Waals surface area contributed by atoms with Gasteiger partial charge in [0.1, 0.15) is 11.6 Å². The molecule has 1 heterocycles. The first kappa shape index (κ1) is 16.5. The maximum Gasteiger partial charge on any atom is 0.355 e. The molecule has 1 aliphatic carbocycles. The van der Waals surface area contributed by atoms with Crippen LogP contribution in [0.4, 0.5) is 8.78 Å². The molecule has 2 unspecified atom stereocenters. The molecule has 2 atom stereocenters. The molecule has 0 bridgehead atoms. The Balaban J connectivity index is 1.51. The van der Waals surface area contributed by atoms with Gasteiger partial charge in [0, 0.05) is 35.7 Å². The fourth-order valence-corrected chi connectivity index (χ4v) is 3.39. The van der Waals surface area contributed by atoms with Gasteiger partial charge in [0.15, 0.2) is 5.69 Å². The van der Waals surface area contributed by atoms with Gasteiger partial charge in [-0.1, -0.05) is 6.07 Å². The van der Waals surface area contributed by atoms with Crippen molar-refractivity contribution in [3.05, 3.63) is 51.5 Å². The SMILES string of the molecule is O=C(O)c1csc(CCNC(=O)C2CC2c2c(F)cccc2F)n1. The molecule has 1 fully saturated rings. The topological polar surface area (TPSA) is 79.3 Å². The van der Waals surface area contributed by atoms with Crippen LogP contribution in [0.1, 0.15) is 33.4 Å². The van der Waals surface area contributed by atoms with E-state index < -0.39 is 29.4 Å². The van der Waals surface area contributed by atoms with Crippen LogP contribution < -0.4 is 5.32 Å². The van der Waals surface area contributed by atoms with Crippen LogP contribution >= 0.6 is 11.3 Å². The normalized spacial score (nSPS) is 19.1. The minimum absolute atomic E-state index is 0.0152. The Kier molecular flexibility index (Phi) is 4.57. The number of carbonyl (C=O) groups excluding carboxylic acids is 1. The molecule has 1 aromatic heterocycles. The second-order valence-electron chi connectivity index (χ2n) is 5.56. The van der Waals surface area contributed by atoms with Crippen LogP contribution in [-0.2, 0) is 11.2 Å². The summed E-state index contributed by atoms with van der Waals surface area (Å²) in [5.41, 5.74) is -0.0396. The highest BCUT2D eigenvalue weighted by Gasteiger charge is 2.46. The fourth-order valence-electron chi connectivity index (χ4n) is 2.62. The zero-order valence-electron chi connectivity index (χ0n) is 12.5. The number of halogens is 2. The molecular formula is C16H14F2N2O3S. The van der Waals surface area contributed by atoms with Gasteiger partial charge >= 0.3 is 5.97 Å². The average molecular weight is 352 g/mol. The van der Waals surface area contributed by atoms with Crippen molar-refractivity contribution < 1.29 is 23.5 Å². The molecule has 24 heavy (non-hydrogen) atoms. The van der Waals surface area contributed by atoms with Gasteiger partial charge in [0.2, 0.25) is 5.91 Å². The van der Waals surface area contributed by atoms with Crippen LogP contribution in [0.2, 0.25) is 0 Å². The molecule has 1 aliphatic rings. The maximum absolute atomic E-state index is 13.7. The zero-order valence-corrected chi connectivity index (χ0v) is 13.3. The first-order valence-corrected chi connectivity index (χ1v) is 8.24. The van der Waals surface area contributed by atoms with Gasteiger partial charge in [-0.15, -0.1) is 11.3 Å². The molecule has 1 aromatic carbocycles. The minimum Gasteiger partial charge on any atom is -0.476 e. The number of thiazole rings is 1. The van der Waals surface area contributed by atoms with E-state index in [1.165, 1.54) is 34.9 Å². The smallest absolute Gasteiger partial charge is 0.355 e. The lowest BCUT2D eigenvalue weighted by Crippen LogP contribution is -2.27. The van der Waals surface area contributed by atoms with Crippen LogP contribution in [0.3, 0.4) is 0 Å². The first-order valence-electron chi connectivity index (χ1n) is 7.36. The third-order valence-corrected chi connectivity index (χ3v) is 4.82. The van der Waals surface area contributed by atoms with Crippen LogP contribution in [0.5, 0.6) is 0 Å². The lowest BCUT2D eigenvalue weighted by atomic mass is 10.1. The van der Waals surface area contributed by atoms with E-state index >= 15 is 0 Å². The fraction of sp³-hybridized carbons (Fsp3) is 0.312. The number of amides is 1. The highest BCUT2D eigenvalue weighted by Crippen LogP contribution is 2.49. The highest BCUT2D eigenvalue weighted by molar-refractivity contribution is 7.09. The molecule has 2 aromatic rings. The molecule has 5 nitrogen and oxygen atoms in total. The third-order valence-electron chi connectivity index (χ3n) is 3.91. The number of rotatable bonds is 6. The molecule has 1 amide bonds. The Morgan fingerprint density at radius 1 is 1.33 bits per heavy atom. The first-order chi connectivity index (χ1) is 11.5. The number of aromatic nitrogens is 1. The van der Waals surface area contributed by atoms with Gasteiger partial charge in [-0.05, 0) is 18.6 Å². The van der Waals surface area contributed by atoms with Crippen molar-refractivity contribution in [2.45, 2.75) is 18.8 Å². The molecule has 0 saturated heterocycles. The van der Waals surface area contributed by atoms with E-state index in [2.05, 4.69) is 10.3 Å². The van der Waals surface area contributed by atoms with E-state index in [0.717, 1.165) is 0 Å². The van der Waals surface area contributed by atoms with Crippen molar-refractivity contribution in [1.82, 2.24) is 10.3 Å². The summed E-state index contributed by atoms with van der Waals surface area (Å²) in [5.74, 6) is -3.45. The van der Waals surface area contributed by atoms with Crippen molar-refractivity contribution >= 4 is 23.2 Å². The Bertz CT molecular complexity index is 773. The van der Waals surface area contributed by atoms with Crippen LogP contribution in [-0.4, -0.2) is 28.5 Å². The summed E-state index contributed by atoms with van der Waals surface area (Å²) in [6.45, 7) is 0.300. The summed E-state index contributed by atoms with van der Waals surface area (Å²) < 4.78 is 27.4. The van der Waals surface area contributed by atoms with E-state index in [-0.39, 0.29) is 17.2 Å². The molecule has 126 valence electrons. The van der Waals surface area contributed by atoms with Crippen LogP contribution in [0.25, 0.3) is 0 Å². The minimum atomic E-state index is -1.09. The number of carbonyl (C=O) groups is 2. The summed E-state index contributed by atoms with van der Waals surface area (Å²) in [5, 5.41) is 13.5. The lowest BCUT2D eigenvalue weighted by Gasteiger charge is -2.05. The number of carboxylic acids is 1. The Morgan fingerprint density at radius 3 is 2.67 bits per heavy atom. The molecule has 3 rings (SSSR count). The van der Waals surface area contributed by atoms with E-state index in [1.54, 1.807) is 0 Å². The largest absolute Gasteiger partial charge is 0.476 e. The van der Waals surface area contributed by atoms with E-state index in [0.29, 0.717) is 24.4 Å².